The van der Waals surface area contributed by atoms with E-state index in [1.165, 1.54) is 0 Å². The van der Waals surface area contributed by atoms with Crippen LogP contribution in [0.1, 0.15) is 16.7 Å². The number of nitrogens with one attached hydrogen (secondary N) is 1. The third-order valence-electron chi connectivity index (χ3n) is 4.37. The summed E-state index contributed by atoms with van der Waals surface area (Å²) in [4.78, 5) is 12.8. The predicted molar refractivity (Wildman–Crippen MR) is 116 cm³/mol. The molecule has 29 heavy (non-hydrogen) atoms. The van der Waals surface area contributed by atoms with Gasteiger partial charge in [-0.25, -0.2) is 0 Å². The van der Waals surface area contributed by atoms with Gasteiger partial charge in [-0.3, -0.25) is 4.79 Å². The van der Waals surface area contributed by atoms with Gasteiger partial charge in [0.1, 0.15) is 24.0 Å². The molecule has 0 aromatic heterocycles. The smallest absolute Gasteiger partial charge is 0.266 e. The van der Waals surface area contributed by atoms with Crippen molar-refractivity contribution in [3.8, 4) is 24.2 Å². The molecule has 3 rings (SSSR count). The van der Waals surface area contributed by atoms with E-state index < -0.39 is 5.91 Å². The Morgan fingerprint density at radius 1 is 1.14 bits per heavy atom. The van der Waals surface area contributed by atoms with Crippen LogP contribution in [0, 0.1) is 37.5 Å². The van der Waals surface area contributed by atoms with E-state index in [9.17, 15) is 10.1 Å². The summed E-state index contributed by atoms with van der Waals surface area (Å²) in [5.41, 5.74) is 3.33. The molecule has 0 saturated carbocycles. The number of nitrogens with zero attached hydrogens (tertiary/aromatic N) is 1. The van der Waals surface area contributed by atoms with E-state index >= 15 is 0 Å². The number of hydrogen-bond acceptors (Lipinski definition) is 3. The van der Waals surface area contributed by atoms with Crippen molar-refractivity contribution in [2.45, 2.75) is 13.8 Å². The van der Waals surface area contributed by atoms with Crippen LogP contribution in [0.25, 0.3) is 16.8 Å². The maximum absolute atomic E-state index is 12.8. The van der Waals surface area contributed by atoms with Crippen molar-refractivity contribution < 1.29 is 9.53 Å². The Labute approximate surface area is 170 Å². The molecule has 0 aliphatic heterocycles. The molecule has 0 saturated heterocycles. The molecule has 1 N–H and O–H groups in total. The summed E-state index contributed by atoms with van der Waals surface area (Å²) >= 11 is 0. The van der Waals surface area contributed by atoms with Crippen LogP contribution in [-0.2, 0) is 4.79 Å². The van der Waals surface area contributed by atoms with E-state index in [-0.39, 0.29) is 12.2 Å². The van der Waals surface area contributed by atoms with Gasteiger partial charge in [-0.1, -0.05) is 42.3 Å². The van der Waals surface area contributed by atoms with E-state index in [2.05, 4.69) is 11.2 Å². The van der Waals surface area contributed by atoms with E-state index in [0.29, 0.717) is 17.0 Å². The van der Waals surface area contributed by atoms with Crippen LogP contribution in [0.4, 0.5) is 5.69 Å². The minimum absolute atomic E-state index is 0.0222. The number of anilines is 1. The number of ether oxygens (including phenoxy) is 1. The van der Waals surface area contributed by atoms with Crippen LogP contribution in [0.2, 0.25) is 0 Å². The maximum atomic E-state index is 12.8. The first-order chi connectivity index (χ1) is 14.0. The van der Waals surface area contributed by atoms with Gasteiger partial charge in [0.15, 0.2) is 0 Å². The summed E-state index contributed by atoms with van der Waals surface area (Å²) in [7, 11) is 0. The Balaban J connectivity index is 2.03. The molecule has 3 aromatic rings. The van der Waals surface area contributed by atoms with E-state index in [4.69, 9.17) is 11.2 Å². The minimum Gasteiger partial charge on any atom is -0.480 e. The van der Waals surface area contributed by atoms with Gasteiger partial charge in [0, 0.05) is 11.3 Å². The second-order valence-electron chi connectivity index (χ2n) is 6.69. The molecule has 0 unspecified atom stereocenters. The van der Waals surface area contributed by atoms with Gasteiger partial charge < -0.3 is 10.1 Å². The second kappa shape index (κ2) is 8.78. The third kappa shape index (κ3) is 4.64. The number of nitriles is 1. The first-order valence-corrected chi connectivity index (χ1v) is 9.11. The fourth-order valence-corrected chi connectivity index (χ4v) is 3.21. The highest BCUT2D eigenvalue weighted by Crippen LogP contribution is 2.30. The Morgan fingerprint density at radius 2 is 1.86 bits per heavy atom. The van der Waals surface area contributed by atoms with Crippen LogP contribution in [-0.4, -0.2) is 12.5 Å². The van der Waals surface area contributed by atoms with Gasteiger partial charge in [0.25, 0.3) is 5.91 Å². The molecule has 0 heterocycles. The normalized spacial score (nSPS) is 10.8. The lowest BCUT2D eigenvalue weighted by molar-refractivity contribution is -0.112. The average molecular weight is 380 g/mol. The molecule has 0 atom stereocenters. The quantitative estimate of drug-likeness (QED) is 0.384. The molecule has 142 valence electrons. The molecule has 0 fully saturated rings. The number of fused-ring (bicyclic) bond motifs is 1. The lowest BCUT2D eigenvalue weighted by Gasteiger charge is -2.11. The molecule has 3 aromatic carbocycles. The van der Waals surface area contributed by atoms with Crippen molar-refractivity contribution in [3.63, 3.8) is 0 Å². The number of hydrogen-bond donors (Lipinski definition) is 1. The summed E-state index contributed by atoms with van der Waals surface area (Å²) in [5.74, 6) is 2.48. The third-order valence-corrected chi connectivity index (χ3v) is 4.37. The molecule has 4 heteroatoms. The van der Waals surface area contributed by atoms with Crippen LogP contribution >= 0.6 is 0 Å². The van der Waals surface area contributed by atoms with Crippen LogP contribution < -0.4 is 10.1 Å². The summed E-state index contributed by atoms with van der Waals surface area (Å²) in [5, 5.41) is 14.3. The zero-order chi connectivity index (χ0) is 20.8. The zero-order valence-corrected chi connectivity index (χ0v) is 16.3. The fourth-order valence-electron chi connectivity index (χ4n) is 3.21. The number of benzene rings is 3. The number of rotatable bonds is 5. The summed E-state index contributed by atoms with van der Waals surface area (Å²) in [6.45, 7) is 4.00. The van der Waals surface area contributed by atoms with Crippen molar-refractivity contribution in [2.75, 3.05) is 11.9 Å². The van der Waals surface area contributed by atoms with E-state index in [1.54, 1.807) is 12.1 Å². The lowest BCUT2D eigenvalue weighted by atomic mass is 10.0. The number of carbonyl (C=O) groups excluding carboxylic acids is 1. The van der Waals surface area contributed by atoms with E-state index in [0.717, 1.165) is 21.9 Å². The van der Waals surface area contributed by atoms with Gasteiger partial charge in [-0.15, -0.1) is 6.42 Å². The van der Waals surface area contributed by atoms with Crippen LogP contribution in [0.5, 0.6) is 5.75 Å². The molecule has 0 aliphatic carbocycles. The molecule has 0 aliphatic rings. The number of aryl methyl sites for hydroxylation is 2. The summed E-state index contributed by atoms with van der Waals surface area (Å²) < 4.78 is 5.65. The van der Waals surface area contributed by atoms with Gasteiger partial charge >= 0.3 is 0 Å². The Bertz CT molecular complexity index is 1170. The highest BCUT2D eigenvalue weighted by molar-refractivity contribution is 6.11. The second-order valence-corrected chi connectivity index (χ2v) is 6.69. The Kier molecular flexibility index (Phi) is 5.97. The van der Waals surface area contributed by atoms with Crippen LogP contribution in [0.15, 0.2) is 60.2 Å². The molecular formula is C25H20N2O2. The number of carbonyl (C=O) groups is 1. The summed E-state index contributed by atoms with van der Waals surface area (Å²) in [6, 6.07) is 19.1. The van der Waals surface area contributed by atoms with Crippen molar-refractivity contribution >= 4 is 28.4 Å². The standard InChI is InChI=1S/C25H20N2O2/c1-4-11-29-24-10-9-19-7-5-6-8-22(19)23(24)15-20(16-26)25(28)27-21-13-17(2)12-18(3)14-21/h1,5-10,12-15H,11H2,2-3H3,(H,27,28)/b20-15+. The SMILES string of the molecule is C#CCOc1ccc2ccccc2c1/C=C(\C#N)C(=O)Nc1cc(C)cc(C)c1. The Hall–Kier alpha value is -4.02. The van der Waals surface area contributed by atoms with E-state index in [1.807, 2.05) is 68.4 Å². The molecule has 4 nitrogen and oxygen atoms in total. The molecular weight excluding hydrogens is 360 g/mol. The highest BCUT2D eigenvalue weighted by Gasteiger charge is 2.14. The van der Waals surface area contributed by atoms with Crippen LogP contribution in [0.3, 0.4) is 0 Å². The topological polar surface area (TPSA) is 62.1 Å². The molecule has 0 radical (unpaired) electrons. The number of terminal acetylenes is 1. The Morgan fingerprint density at radius 3 is 2.55 bits per heavy atom. The van der Waals surface area contributed by atoms with Crippen molar-refractivity contribution in [1.29, 1.82) is 5.26 Å². The average Bonchev–Trinajstić information content (AvgIpc) is 2.69. The van der Waals surface area contributed by atoms with Crippen molar-refractivity contribution in [3.05, 3.63) is 76.9 Å². The first-order valence-electron chi connectivity index (χ1n) is 9.11. The van der Waals surface area contributed by atoms with Crippen molar-refractivity contribution in [2.24, 2.45) is 0 Å². The zero-order valence-electron chi connectivity index (χ0n) is 16.3. The molecule has 0 spiro atoms. The van der Waals surface area contributed by atoms with Gasteiger partial charge in [0.2, 0.25) is 0 Å². The highest BCUT2D eigenvalue weighted by atomic mass is 16.5. The summed E-state index contributed by atoms with van der Waals surface area (Å²) in [6.07, 6.45) is 6.87. The maximum Gasteiger partial charge on any atom is 0.266 e. The fraction of sp³-hybridized carbons (Fsp3) is 0.120. The van der Waals surface area contributed by atoms with Gasteiger partial charge in [-0.2, -0.15) is 5.26 Å². The minimum atomic E-state index is -0.478. The first kappa shape index (κ1) is 19.7. The lowest BCUT2D eigenvalue weighted by Crippen LogP contribution is -2.13. The number of amides is 1. The van der Waals surface area contributed by atoms with Gasteiger partial charge in [0.05, 0.1) is 0 Å². The predicted octanol–water partition coefficient (Wildman–Crippen LogP) is 5.01. The molecule has 0 bridgehead atoms. The largest absolute Gasteiger partial charge is 0.480 e. The van der Waals surface area contributed by atoms with Gasteiger partial charge in [-0.05, 0) is 60.0 Å². The van der Waals surface area contributed by atoms with Crippen molar-refractivity contribution in [1.82, 2.24) is 0 Å². The molecule has 1 amide bonds. The monoisotopic (exact) mass is 380 g/mol.